The Labute approximate surface area is 140 Å². The van der Waals surface area contributed by atoms with Gasteiger partial charge in [-0.1, -0.05) is 40.4 Å². The highest BCUT2D eigenvalue weighted by molar-refractivity contribution is 7.17. The molecule has 110 valence electrons. The summed E-state index contributed by atoms with van der Waals surface area (Å²) in [4.78, 5) is 1.04. The van der Waals surface area contributed by atoms with Gasteiger partial charge >= 0.3 is 0 Å². The number of hydrogen-bond acceptors (Lipinski definition) is 5. The second kappa shape index (κ2) is 5.39. The highest BCUT2D eigenvalue weighted by Gasteiger charge is 2.24. The van der Waals surface area contributed by atoms with Gasteiger partial charge in [0.25, 0.3) is 0 Å². The number of tetrazole rings is 1. The number of nitrogens with zero attached hydrogens (tertiary/aromatic N) is 4. The van der Waals surface area contributed by atoms with Crippen LogP contribution in [0.5, 0.6) is 0 Å². The van der Waals surface area contributed by atoms with Crippen LogP contribution in [0.3, 0.4) is 0 Å². The first-order valence-corrected chi connectivity index (χ1v) is 8.06. The van der Waals surface area contributed by atoms with E-state index in [1.165, 1.54) is 11.3 Å². The van der Waals surface area contributed by atoms with Crippen molar-refractivity contribution in [3.8, 4) is 0 Å². The van der Waals surface area contributed by atoms with Crippen molar-refractivity contribution in [1.29, 1.82) is 0 Å². The van der Waals surface area contributed by atoms with E-state index in [0.717, 1.165) is 20.5 Å². The lowest BCUT2D eigenvalue weighted by atomic mass is 10.0. The van der Waals surface area contributed by atoms with Crippen molar-refractivity contribution in [2.45, 2.75) is 6.04 Å². The van der Waals surface area contributed by atoms with E-state index < -0.39 is 0 Å². The van der Waals surface area contributed by atoms with E-state index in [-0.39, 0.29) is 6.04 Å². The molecular formula is C14H9Cl2N5S. The zero-order valence-corrected chi connectivity index (χ0v) is 13.4. The van der Waals surface area contributed by atoms with Gasteiger partial charge in [0.2, 0.25) is 5.95 Å². The average molecular weight is 350 g/mol. The molecule has 3 aromatic rings. The summed E-state index contributed by atoms with van der Waals surface area (Å²) in [7, 11) is 0. The van der Waals surface area contributed by atoms with Gasteiger partial charge in [0.1, 0.15) is 6.04 Å². The molecule has 8 heteroatoms. The molecule has 3 heterocycles. The van der Waals surface area contributed by atoms with Gasteiger partial charge in [0.15, 0.2) is 0 Å². The van der Waals surface area contributed by atoms with Crippen LogP contribution >= 0.6 is 34.5 Å². The van der Waals surface area contributed by atoms with Crippen molar-refractivity contribution in [3.63, 3.8) is 0 Å². The second-order valence-corrected chi connectivity index (χ2v) is 6.90. The normalized spacial score (nSPS) is 16.8. The molecule has 0 amide bonds. The third-order valence-corrected chi connectivity index (χ3v) is 4.89. The summed E-state index contributed by atoms with van der Waals surface area (Å²) >= 11 is 13.5. The molecule has 1 aliphatic rings. The molecule has 0 aliphatic carbocycles. The zero-order chi connectivity index (χ0) is 15.1. The van der Waals surface area contributed by atoms with Crippen LogP contribution in [0.25, 0.3) is 5.70 Å². The van der Waals surface area contributed by atoms with Crippen LogP contribution in [0.4, 0.5) is 5.95 Å². The van der Waals surface area contributed by atoms with Gasteiger partial charge in [-0.05, 0) is 46.3 Å². The molecule has 1 unspecified atom stereocenters. The summed E-state index contributed by atoms with van der Waals surface area (Å²) in [5.74, 6) is 0.599. The van der Waals surface area contributed by atoms with Crippen molar-refractivity contribution in [1.82, 2.24) is 20.2 Å². The van der Waals surface area contributed by atoms with Crippen LogP contribution in [-0.2, 0) is 0 Å². The van der Waals surface area contributed by atoms with Crippen LogP contribution in [0.15, 0.2) is 42.5 Å². The molecule has 0 fully saturated rings. The molecule has 0 saturated carbocycles. The Morgan fingerprint density at radius 2 is 1.91 bits per heavy atom. The van der Waals surface area contributed by atoms with Gasteiger partial charge < -0.3 is 5.32 Å². The van der Waals surface area contributed by atoms with Crippen LogP contribution in [0.1, 0.15) is 16.5 Å². The lowest BCUT2D eigenvalue weighted by molar-refractivity contribution is 0.586. The molecule has 4 rings (SSSR count). The molecule has 22 heavy (non-hydrogen) atoms. The number of anilines is 1. The first-order chi connectivity index (χ1) is 10.7. The Balaban J connectivity index is 1.81. The molecule has 2 aromatic heterocycles. The number of fused-ring (bicyclic) bond motifs is 1. The topological polar surface area (TPSA) is 55.6 Å². The third-order valence-electron chi connectivity index (χ3n) is 3.38. The Kier molecular flexibility index (Phi) is 3.37. The summed E-state index contributed by atoms with van der Waals surface area (Å²) in [6.07, 6.45) is 2.08. The van der Waals surface area contributed by atoms with E-state index in [4.69, 9.17) is 23.2 Å². The highest BCUT2D eigenvalue weighted by Crippen LogP contribution is 2.35. The number of benzene rings is 1. The summed E-state index contributed by atoms with van der Waals surface area (Å²) in [5, 5.41) is 15.8. The fraction of sp³-hybridized carbons (Fsp3) is 0.0714. The van der Waals surface area contributed by atoms with Gasteiger partial charge in [-0.15, -0.1) is 11.3 Å². The van der Waals surface area contributed by atoms with E-state index in [9.17, 15) is 0 Å². The number of hydrogen-bond donors (Lipinski definition) is 1. The molecular weight excluding hydrogens is 341 g/mol. The maximum Gasteiger partial charge on any atom is 0.248 e. The number of allylic oxidation sites excluding steroid dienone is 1. The van der Waals surface area contributed by atoms with Gasteiger partial charge in [-0.25, -0.2) is 0 Å². The fourth-order valence-electron chi connectivity index (χ4n) is 2.35. The molecule has 5 nitrogen and oxygen atoms in total. The SMILES string of the molecule is Clc1ccc(C2C=C(c3ccc(Cl)s3)Nc3nnnn32)cc1. The smallest absolute Gasteiger partial charge is 0.248 e. The Hall–Kier alpha value is -1.89. The Morgan fingerprint density at radius 3 is 2.64 bits per heavy atom. The molecule has 1 aliphatic heterocycles. The molecule has 0 bridgehead atoms. The minimum atomic E-state index is -0.0978. The molecule has 0 saturated heterocycles. The molecule has 0 spiro atoms. The first kappa shape index (κ1) is 13.8. The van der Waals surface area contributed by atoms with E-state index in [0.29, 0.717) is 11.0 Å². The van der Waals surface area contributed by atoms with Crippen LogP contribution in [0.2, 0.25) is 9.36 Å². The number of thiophene rings is 1. The molecule has 1 N–H and O–H groups in total. The molecule has 0 radical (unpaired) electrons. The maximum absolute atomic E-state index is 6.03. The highest BCUT2D eigenvalue weighted by atomic mass is 35.5. The minimum Gasteiger partial charge on any atom is -0.322 e. The van der Waals surface area contributed by atoms with Crippen LogP contribution in [-0.4, -0.2) is 20.2 Å². The van der Waals surface area contributed by atoms with Crippen molar-refractivity contribution < 1.29 is 0 Å². The van der Waals surface area contributed by atoms with E-state index in [1.807, 2.05) is 36.4 Å². The third kappa shape index (κ3) is 2.39. The molecule has 1 atom stereocenters. The fourth-order valence-corrected chi connectivity index (χ4v) is 3.50. The largest absolute Gasteiger partial charge is 0.322 e. The maximum atomic E-state index is 6.03. The summed E-state index contributed by atoms with van der Waals surface area (Å²) in [6, 6.07) is 11.4. The van der Waals surface area contributed by atoms with Crippen LogP contribution < -0.4 is 5.32 Å². The zero-order valence-electron chi connectivity index (χ0n) is 11.1. The van der Waals surface area contributed by atoms with Crippen LogP contribution in [0, 0.1) is 0 Å². The summed E-state index contributed by atoms with van der Waals surface area (Å²) < 4.78 is 2.48. The van der Waals surface area contributed by atoms with Gasteiger partial charge in [0, 0.05) is 5.02 Å². The van der Waals surface area contributed by atoms with Gasteiger partial charge in [-0.3, -0.25) is 0 Å². The van der Waals surface area contributed by atoms with Gasteiger partial charge in [0.05, 0.1) is 14.9 Å². The first-order valence-electron chi connectivity index (χ1n) is 6.48. The standard InChI is InChI=1S/C14H9Cl2N5S/c15-9-3-1-8(2-4-9)11-7-10(12-5-6-13(16)22-12)17-14-18-19-20-21(11)14/h1-7,11H,(H,17,18,20). The molecule has 1 aromatic carbocycles. The lowest BCUT2D eigenvalue weighted by Crippen LogP contribution is -2.19. The Bertz CT molecular complexity index is 852. The van der Waals surface area contributed by atoms with Crippen molar-refractivity contribution >= 4 is 46.2 Å². The number of aromatic nitrogens is 4. The second-order valence-electron chi connectivity index (χ2n) is 4.75. The predicted molar refractivity (Wildman–Crippen MR) is 88.3 cm³/mol. The van der Waals surface area contributed by atoms with E-state index in [2.05, 4.69) is 26.9 Å². The summed E-state index contributed by atoms with van der Waals surface area (Å²) in [6.45, 7) is 0. The quantitative estimate of drug-likeness (QED) is 0.756. The monoisotopic (exact) mass is 349 g/mol. The van der Waals surface area contributed by atoms with Crippen molar-refractivity contribution in [2.24, 2.45) is 0 Å². The predicted octanol–water partition coefficient (Wildman–Crippen LogP) is 4.10. The number of halogens is 2. The Morgan fingerprint density at radius 1 is 1.09 bits per heavy atom. The summed E-state index contributed by atoms with van der Waals surface area (Å²) in [5.41, 5.74) is 2.00. The number of rotatable bonds is 2. The average Bonchev–Trinajstić information content (AvgIpc) is 3.15. The van der Waals surface area contributed by atoms with E-state index in [1.54, 1.807) is 4.68 Å². The van der Waals surface area contributed by atoms with Crippen molar-refractivity contribution in [3.05, 3.63) is 62.3 Å². The van der Waals surface area contributed by atoms with Gasteiger partial charge in [-0.2, -0.15) is 4.68 Å². The number of nitrogens with one attached hydrogen (secondary N) is 1. The van der Waals surface area contributed by atoms with Crippen molar-refractivity contribution in [2.75, 3.05) is 5.32 Å². The van der Waals surface area contributed by atoms with E-state index >= 15 is 0 Å². The lowest BCUT2D eigenvalue weighted by Gasteiger charge is -2.22. The minimum absolute atomic E-state index is 0.0978.